The summed E-state index contributed by atoms with van der Waals surface area (Å²) in [6.45, 7) is 9.76. The minimum atomic E-state index is -0.843. The molecule has 0 unspecified atom stereocenters. The number of aliphatic hydroxyl groups is 2. The quantitative estimate of drug-likeness (QED) is 0.485. The van der Waals surface area contributed by atoms with Crippen molar-refractivity contribution in [3.8, 4) is 0 Å². The van der Waals surface area contributed by atoms with Gasteiger partial charge in [0, 0.05) is 11.8 Å². The molecule has 3 atom stereocenters. The fraction of sp³-hybridized carbons (Fsp3) is 0.708. The van der Waals surface area contributed by atoms with E-state index in [2.05, 4.69) is 26.0 Å². The van der Waals surface area contributed by atoms with Crippen molar-refractivity contribution in [1.82, 2.24) is 0 Å². The van der Waals surface area contributed by atoms with Gasteiger partial charge in [0.15, 0.2) is 5.76 Å². The van der Waals surface area contributed by atoms with Gasteiger partial charge >= 0.3 is 0 Å². The van der Waals surface area contributed by atoms with E-state index >= 15 is 0 Å². The molecule has 0 radical (unpaired) electrons. The first-order valence-electron chi connectivity index (χ1n) is 10.6. The van der Waals surface area contributed by atoms with E-state index in [-0.39, 0.29) is 29.1 Å². The number of Topliss-reactive ketones (excluding diaryl/α,β-unsaturated/α-hetero) is 1. The van der Waals surface area contributed by atoms with Gasteiger partial charge in [-0.1, -0.05) is 30.2 Å². The molecule has 29 heavy (non-hydrogen) atoms. The topological polar surface area (TPSA) is 76.0 Å². The van der Waals surface area contributed by atoms with Crippen LogP contribution in [0, 0.1) is 11.8 Å². The Morgan fingerprint density at radius 3 is 2.28 bits per heavy atom. The molecule has 1 aliphatic carbocycles. The fourth-order valence-electron chi connectivity index (χ4n) is 3.76. The Bertz CT molecular complexity index is 636. The highest BCUT2D eigenvalue weighted by molar-refractivity contribution is 5.97. The molecule has 0 amide bonds. The molecule has 1 aliphatic rings. The van der Waals surface area contributed by atoms with Crippen molar-refractivity contribution in [1.29, 1.82) is 0 Å². The number of allylic oxidation sites excluding steroid dienone is 5. The Hall–Kier alpha value is -1.59. The number of rotatable bonds is 11. The van der Waals surface area contributed by atoms with E-state index < -0.39 is 11.7 Å². The van der Waals surface area contributed by atoms with Crippen LogP contribution in [0.3, 0.4) is 0 Å². The summed E-state index contributed by atoms with van der Waals surface area (Å²) in [4.78, 5) is 12.5. The van der Waals surface area contributed by atoms with Crippen LogP contribution in [0.15, 0.2) is 34.8 Å². The van der Waals surface area contributed by atoms with E-state index in [1.165, 1.54) is 25.4 Å². The van der Waals surface area contributed by atoms with Gasteiger partial charge in [0.2, 0.25) is 11.5 Å². The third kappa shape index (κ3) is 7.98. The van der Waals surface area contributed by atoms with Crippen molar-refractivity contribution < 1.29 is 24.5 Å². The normalized spacial score (nSPS) is 24.2. The zero-order valence-corrected chi connectivity index (χ0v) is 19.2. The second-order valence-electron chi connectivity index (χ2n) is 8.90. The molecule has 0 aliphatic heterocycles. The van der Waals surface area contributed by atoms with E-state index in [4.69, 9.17) is 9.47 Å². The number of methoxy groups -OCH3 is 2. The Morgan fingerprint density at radius 2 is 1.72 bits per heavy atom. The molecule has 0 saturated carbocycles. The lowest BCUT2D eigenvalue weighted by Crippen LogP contribution is -2.40. The lowest BCUT2D eigenvalue weighted by atomic mass is 9.77. The van der Waals surface area contributed by atoms with Crippen LogP contribution >= 0.6 is 0 Å². The van der Waals surface area contributed by atoms with Crippen molar-refractivity contribution in [3.05, 3.63) is 34.8 Å². The van der Waals surface area contributed by atoms with Crippen molar-refractivity contribution >= 4 is 5.78 Å². The van der Waals surface area contributed by atoms with Crippen LogP contribution in [-0.2, 0) is 14.3 Å². The molecule has 1 rings (SSSR count). The number of hydrogen-bond acceptors (Lipinski definition) is 5. The smallest absolute Gasteiger partial charge is 0.204 e. The second-order valence-corrected chi connectivity index (χ2v) is 8.90. The fourth-order valence-corrected chi connectivity index (χ4v) is 3.76. The lowest BCUT2D eigenvalue weighted by molar-refractivity contribution is -0.128. The van der Waals surface area contributed by atoms with Crippen LogP contribution in [0.25, 0.3) is 0 Å². The van der Waals surface area contributed by atoms with Gasteiger partial charge in [-0.2, -0.15) is 0 Å². The standard InChI is InChI=1S/C24H40O5/c1-16(12-9-15-24(4,5)27)10-8-11-17(2)13-14-19-18(3)20(25)22(28-6)23(29-7)21(19)26/h10,13,18-19,21,26-27H,8-9,11-12,14-15H2,1-7H3/t18-,19-,21+/m0/s1. The first-order chi connectivity index (χ1) is 13.5. The lowest BCUT2D eigenvalue weighted by Gasteiger charge is -2.33. The molecule has 166 valence electrons. The van der Waals surface area contributed by atoms with Crippen LogP contribution in [-0.4, -0.2) is 41.9 Å². The van der Waals surface area contributed by atoms with Crippen LogP contribution < -0.4 is 0 Å². The molecule has 0 fully saturated rings. The summed E-state index contributed by atoms with van der Waals surface area (Å²) >= 11 is 0. The van der Waals surface area contributed by atoms with Gasteiger partial charge in [-0.15, -0.1) is 0 Å². The number of hydrogen-bond donors (Lipinski definition) is 2. The molecule has 0 saturated heterocycles. The van der Waals surface area contributed by atoms with Crippen LogP contribution in [0.1, 0.15) is 73.1 Å². The molecule has 5 nitrogen and oxygen atoms in total. The van der Waals surface area contributed by atoms with Gasteiger partial charge in [0.25, 0.3) is 0 Å². The third-order valence-electron chi connectivity index (χ3n) is 5.73. The monoisotopic (exact) mass is 408 g/mol. The summed E-state index contributed by atoms with van der Waals surface area (Å²) in [6, 6.07) is 0. The van der Waals surface area contributed by atoms with Crippen molar-refractivity contribution in [3.63, 3.8) is 0 Å². The predicted octanol–water partition coefficient (Wildman–Crippen LogP) is 4.69. The summed E-state index contributed by atoms with van der Waals surface area (Å²) < 4.78 is 10.4. The molecule has 0 heterocycles. The maximum absolute atomic E-state index is 12.5. The first kappa shape index (κ1) is 25.4. The maximum atomic E-state index is 12.5. The average molecular weight is 409 g/mol. The van der Waals surface area contributed by atoms with Gasteiger partial charge in [-0.25, -0.2) is 0 Å². The summed E-state index contributed by atoms with van der Waals surface area (Å²) in [7, 11) is 2.88. The molecule has 0 aromatic heterocycles. The minimum absolute atomic E-state index is 0.115. The van der Waals surface area contributed by atoms with Crippen molar-refractivity contribution in [2.45, 2.75) is 84.8 Å². The molecule has 0 aromatic carbocycles. The molecule has 2 N–H and O–H groups in total. The predicted molar refractivity (Wildman–Crippen MR) is 116 cm³/mol. The number of ketones is 1. The van der Waals surface area contributed by atoms with E-state index in [0.717, 1.165) is 32.1 Å². The molecule has 0 bridgehead atoms. The van der Waals surface area contributed by atoms with Crippen molar-refractivity contribution in [2.24, 2.45) is 11.8 Å². The minimum Gasteiger partial charge on any atom is -0.494 e. The average Bonchev–Trinajstić information content (AvgIpc) is 2.63. The largest absolute Gasteiger partial charge is 0.494 e. The summed E-state index contributed by atoms with van der Waals surface area (Å²) in [6.07, 6.45) is 8.89. The Kier molecular flexibility index (Phi) is 10.1. The first-order valence-corrected chi connectivity index (χ1v) is 10.6. The number of aliphatic hydroxyl groups excluding tert-OH is 1. The van der Waals surface area contributed by atoms with E-state index in [1.54, 1.807) is 0 Å². The highest BCUT2D eigenvalue weighted by Crippen LogP contribution is 2.35. The van der Waals surface area contributed by atoms with Gasteiger partial charge in [-0.3, -0.25) is 4.79 Å². The molecular weight excluding hydrogens is 368 g/mol. The highest BCUT2D eigenvalue weighted by Gasteiger charge is 2.42. The number of carbonyl (C=O) groups excluding carboxylic acids is 1. The Morgan fingerprint density at radius 1 is 1.10 bits per heavy atom. The van der Waals surface area contributed by atoms with Gasteiger partial charge < -0.3 is 19.7 Å². The van der Waals surface area contributed by atoms with Crippen LogP contribution in [0.4, 0.5) is 0 Å². The third-order valence-corrected chi connectivity index (χ3v) is 5.73. The van der Waals surface area contributed by atoms with Crippen LogP contribution in [0.2, 0.25) is 0 Å². The van der Waals surface area contributed by atoms with E-state index in [0.29, 0.717) is 6.42 Å². The summed E-state index contributed by atoms with van der Waals surface area (Å²) in [5, 5.41) is 20.4. The van der Waals surface area contributed by atoms with E-state index in [1.807, 2.05) is 20.8 Å². The van der Waals surface area contributed by atoms with Gasteiger partial charge in [0.05, 0.1) is 19.8 Å². The molecular formula is C24H40O5. The summed E-state index contributed by atoms with van der Waals surface area (Å²) in [5.74, 6) is -0.285. The second kappa shape index (κ2) is 11.6. The van der Waals surface area contributed by atoms with Crippen molar-refractivity contribution in [2.75, 3.05) is 14.2 Å². The number of carbonyl (C=O) groups is 1. The zero-order valence-electron chi connectivity index (χ0n) is 19.2. The summed E-state index contributed by atoms with van der Waals surface area (Å²) in [5.41, 5.74) is 2.01. The SMILES string of the molecule is COC1=C(OC)[C@H](O)[C@@H](CC=C(C)CCC=C(C)CCCC(C)(C)O)[C@H](C)C1=O. The highest BCUT2D eigenvalue weighted by atomic mass is 16.5. The van der Waals surface area contributed by atoms with Gasteiger partial charge in [-0.05, 0) is 66.2 Å². The van der Waals surface area contributed by atoms with Crippen LogP contribution in [0.5, 0.6) is 0 Å². The molecule has 0 aromatic rings. The Balaban J connectivity index is 2.59. The maximum Gasteiger partial charge on any atom is 0.204 e. The Labute approximate surface area is 176 Å². The molecule has 5 heteroatoms. The molecule has 0 spiro atoms. The van der Waals surface area contributed by atoms with Gasteiger partial charge in [0.1, 0.15) is 6.10 Å². The number of ether oxygens (including phenoxy) is 2. The van der Waals surface area contributed by atoms with E-state index in [9.17, 15) is 15.0 Å². The zero-order chi connectivity index (χ0) is 22.2.